The normalized spacial score (nSPS) is 16.6. The lowest BCUT2D eigenvalue weighted by Crippen LogP contribution is -2.30. The second kappa shape index (κ2) is 4.35. The highest BCUT2D eigenvalue weighted by atomic mass is 79.9. The molecular formula is C10H12BrNO3S. The van der Waals surface area contributed by atoms with Crippen LogP contribution < -0.4 is 4.90 Å². The van der Waals surface area contributed by atoms with Crippen molar-refractivity contribution in [2.24, 2.45) is 0 Å². The predicted molar refractivity (Wildman–Crippen MR) is 65.5 cm³/mol. The van der Waals surface area contributed by atoms with Crippen LogP contribution in [0.25, 0.3) is 0 Å². The number of hydrogen-bond donors (Lipinski definition) is 2. The highest BCUT2D eigenvalue weighted by molar-refractivity contribution is 9.10. The first kappa shape index (κ1) is 11.9. The molecule has 2 rings (SSSR count). The summed E-state index contributed by atoms with van der Waals surface area (Å²) < 4.78 is 22.6. The standard InChI is InChI=1S/C10H12BrNO3S/c1-6(13)12-3-2-7-4-8(11)10(16(14)15)5-9(7)12/h4-6,13,16H,2-3H2,1H3. The number of aliphatic hydroxyl groups is 1. The number of hydrogen-bond acceptors (Lipinski definition) is 4. The molecule has 1 aliphatic heterocycles. The van der Waals surface area contributed by atoms with Crippen LogP contribution in [0.3, 0.4) is 0 Å². The Morgan fingerprint density at radius 3 is 2.75 bits per heavy atom. The highest BCUT2D eigenvalue weighted by Gasteiger charge is 2.24. The van der Waals surface area contributed by atoms with Gasteiger partial charge in [0.15, 0.2) is 10.7 Å². The van der Waals surface area contributed by atoms with E-state index in [2.05, 4.69) is 15.9 Å². The largest absolute Gasteiger partial charge is 0.374 e. The topological polar surface area (TPSA) is 57.6 Å². The van der Waals surface area contributed by atoms with Gasteiger partial charge in [-0.25, -0.2) is 8.42 Å². The fourth-order valence-electron chi connectivity index (χ4n) is 1.95. The van der Waals surface area contributed by atoms with Gasteiger partial charge >= 0.3 is 0 Å². The van der Waals surface area contributed by atoms with E-state index in [9.17, 15) is 13.5 Å². The molecule has 0 aromatic heterocycles. The van der Waals surface area contributed by atoms with Crippen molar-refractivity contribution in [3.05, 3.63) is 22.2 Å². The summed E-state index contributed by atoms with van der Waals surface area (Å²) in [6.07, 6.45) is 0.231. The molecule has 6 heteroatoms. The Balaban J connectivity index is 2.54. The Morgan fingerprint density at radius 2 is 2.19 bits per heavy atom. The maximum absolute atomic E-state index is 11.0. The minimum atomic E-state index is -2.62. The Bertz CT molecular complexity index is 491. The van der Waals surface area contributed by atoms with Gasteiger partial charge in [-0.2, -0.15) is 0 Å². The zero-order valence-corrected chi connectivity index (χ0v) is 11.2. The van der Waals surface area contributed by atoms with Gasteiger partial charge in [-0.15, -0.1) is 0 Å². The second-order valence-electron chi connectivity index (χ2n) is 3.76. The maximum atomic E-state index is 11.0. The van der Waals surface area contributed by atoms with Crippen LogP contribution in [0.15, 0.2) is 21.5 Å². The van der Waals surface area contributed by atoms with Crippen LogP contribution in [0.1, 0.15) is 12.5 Å². The van der Waals surface area contributed by atoms with Gasteiger partial charge in [0.25, 0.3) is 0 Å². The summed E-state index contributed by atoms with van der Waals surface area (Å²) in [4.78, 5) is 2.06. The Kier molecular flexibility index (Phi) is 3.23. The van der Waals surface area contributed by atoms with Crippen LogP contribution in [0.4, 0.5) is 5.69 Å². The molecule has 0 saturated carbocycles. The van der Waals surface area contributed by atoms with Crippen molar-refractivity contribution in [1.29, 1.82) is 0 Å². The van der Waals surface area contributed by atoms with Crippen molar-refractivity contribution < 1.29 is 13.5 Å². The van der Waals surface area contributed by atoms with E-state index in [1.807, 2.05) is 6.07 Å². The summed E-state index contributed by atoms with van der Waals surface area (Å²) in [5.74, 6) is 0. The fourth-order valence-corrected chi connectivity index (χ4v) is 3.24. The minimum absolute atomic E-state index is 0.265. The van der Waals surface area contributed by atoms with Gasteiger partial charge in [-0.3, -0.25) is 0 Å². The molecule has 1 atom stereocenters. The van der Waals surface area contributed by atoms with Crippen LogP contribution in [0, 0.1) is 0 Å². The lowest BCUT2D eigenvalue weighted by Gasteiger charge is -2.22. The van der Waals surface area contributed by atoms with Crippen molar-refractivity contribution in [2.45, 2.75) is 24.5 Å². The molecule has 0 aliphatic carbocycles. The molecule has 1 aromatic rings. The van der Waals surface area contributed by atoms with Crippen molar-refractivity contribution in [3.63, 3.8) is 0 Å². The highest BCUT2D eigenvalue weighted by Crippen LogP contribution is 2.34. The lowest BCUT2D eigenvalue weighted by molar-refractivity contribution is 0.191. The molecule has 1 heterocycles. The van der Waals surface area contributed by atoms with Gasteiger partial charge < -0.3 is 10.0 Å². The summed E-state index contributed by atoms with van der Waals surface area (Å²) in [5.41, 5.74) is 1.88. The Morgan fingerprint density at radius 1 is 1.50 bits per heavy atom. The Labute approximate surface area is 104 Å². The average molecular weight is 306 g/mol. The molecule has 1 aromatic carbocycles. The first-order valence-electron chi connectivity index (χ1n) is 4.92. The molecule has 1 unspecified atom stereocenters. The minimum Gasteiger partial charge on any atom is -0.374 e. The number of nitrogens with zero attached hydrogens (tertiary/aromatic N) is 1. The number of anilines is 1. The third kappa shape index (κ3) is 1.97. The van der Waals surface area contributed by atoms with Crippen molar-refractivity contribution >= 4 is 32.3 Å². The Hall–Kier alpha value is -0.590. The van der Waals surface area contributed by atoms with Gasteiger partial charge in [0.1, 0.15) is 6.23 Å². The maximum Gasteiger partial charge on any atom is 0.169 e. The number of fused-ring (bicyclic) bond motifs is 1. The smallest absolute Gasteiger partial charge is 0.169 e. The van der Waals surface area contributed by atoms with E-state index in [-0.39, 0.29) is 4.90 Å². The van der Waals surface area contributed by atoms with Gasteiger partial charge in [0, 0.05) is 16.7 Å². The monoisotopic (exact) mass is 305 g/mol. The van der Waals surface area contributed by atoms with Crippen LogP contribution in [-0.2, 0) is 17.1 Å². The van der Waals surface area contributed by atoms with Crippen molar-refractivity contribution in [1.82, 2.24) is 0 Å². The van der Waals surface area contributed by atoms with Gasteiger partial charge in [-0.05, 0) is 47.0 Å². The summed E-state index contributed by atoms with van der Waals surface area (Å²) in [6.45, 7) is 2.40. The SMILES string of the molecule is CC(O)N1CCc2cc(Br)c([SH](=O)=O)cc21. The molecule has 0 fully saturated rings. The summed E-state index contributed by atoms with van der Waals surface area (Å²) in [7, 11) is -2.62. The number of benzene rings is 1. The summed E-state index contributed by atoms with van der Waals surface area (Å²) in [6, 6.07) is 3.43. The number of rotatable bonds is 2. The van der Waals surface area contributed by atoms with E-state index in [0.717, 1.165) is 24.2 Å². The average Bonchev–Trinajstić information content (AvgIpc) is 2.58. The molecule has 1 aliphatic rings. The van der Waals surface area contributed by atoms with Gasteiger partial charge in [0.2, 0.25) is 0 Å². The molecule has 4 nitrogen and oxygen atoms in total. The third-order valence-electron chi connectivity index (χ3n) is 2.73. The van der Waals surface area contributed by atoms with E-state index in [1.165, 1.54) is 0 Å². The van der Waals surface area contributed by atoms with E-state index >= 15 is 0 Å². The van der Waals surface area contributed by atoms with Crippen LogP contribution >= 0.6 is 15.9 Å². The summed E-state index contributed by atoms with van der Waals surface area (Å²) in [5, 5.41) is 9.56. The van der Waals surface area contributed by atoms with Crippen LogP contribution in [-0.4, -0.2) is 26.3 Å². The third-order valence-corrected chi connectivity index (χ3v) is 4.45. The first-order chi connectivity index (χ1) is 7.50. The van der Waals surface area contributed by atoms with Crippen molar-refractivity contribution in [2.75, 3.05) is 11.4 Å². The van der Waals surface area contributed by atoms with E-state index in [4.69, 9.17) is 0 Å². The molecule has 0 saturated heterocycles. The molecular weight excluding hydrogens is 294 g/mol. The summed E-state index contributed by atoms with van der Waals surface area (Å²) >= 11 is 3.24. The molecule has 0 bridgehead atoms. The lowest BCUT2D eigenvalue weighted by atomic mass is 10.2. The molecule has 88 valence electrons. The number of thiol groups is 1. The molecule has 0 spiro atoms. The number of halogens is 1. The van der Waals surface area contributed by atoms with E-state index < -0.39 is 16.9 Å². The first-order valence-corrected chi connectivity index (χ1v) is 6.89. The van der Waals surface area contributed by atoms with Gasteiger partial charge in [0.05, 0.1) is 4.90 Å². The van der Waals surface area contributed by atoms with E-state index in [1.54, 1.807) is 17.9 Å². The quantitative estimate of drug-likeness (QED) is 0.804. The predicted octanol–water partition coefficient (Wildman–Crippen LogP) is 1.12. The number of aliphatic hydroxyl groups excluding tert-OH is 1. The molecule has 16 heavy (non-hydrogen) atoms. The van der Waals surface area contributed by atoms with Crippen molar-refractivity contribution in [3.8, 4) is 0 Å². The van der Waals surface area contributed by atoms with Crippen LogP contribution in [0.5, 0.6) is 0 Å². The van der Waals surface area contributed by atoms with E-state index in [0.29, 0.717) is 4.47 Å². The molecule has 0 amide bonds. The molecule has 0 radical (unpaired) electrons. The zero-order valence-electron chi connectivity index (χ0n) is 8.68. The molecule has 1 N–H and O–H groups in total. The second-order valence-corrected chi connectivity index (χ2v) is 5.62. The van der Waals surface area contributed by atoms with Crippen LogP contribution in [0.2, 0.25) is 0 Å². The zero-order chi connectivity index (χ0) is 11.9. The van der Waals surface area contributed by atoms with Gasteiger partial charge in [-0.1, -0.05) is 0 Å². The fraction of sp³-hybridized carbons (Fsp3) is 0.400.